The first kappa shape index (κ1) is 20.9. The predicted octanol–water partition coefficient (Wildman–Crippen LogP) is 4.00. The largest absolute Gasteiger partial charge is 0.378 e. The normalized spacial score (nSPS) is 20.2. The first-order chi connectivity index (χ1) is 14.7. The van der Waals surface area contributed by atoms with E-state index in [1.54, 1.807) is 0 Å². The van der Waals surface area contributed by atoms with Crippen molar-refractivity contribution in [1.82, 2.24) is 14.9 Å². The van der Waals surface area contributed by atoms with Crippen LogP contribution in [0.25, 0.3) is 0 Å². The Morgan fingerprint density at radius 1 is 0.967 bits per heavy atom. The molecular weight excluding hydrogens is 372 g/mol. The Labute approximate surface area is 181 Å². The van der Waals surface area contributed by atoms with E-state index >= 15 is 0 Å². The molecule has 0 amide bonds. The van der Waals surface area contributed by atoms with Crippen LogP contribution in [0.2, 0.25) is 0 Å². The van der Waals surface area contributed by atoms with Crippen molar-refractivity contribution < 1.29 is 0 Å². The lowest BCUT2D eigenvalue weighted by Gasteiger charge is -2.25. The zero-order chi connectivity index (χ0) is 20.8. The Bertz CT molecular complexity index is 783. The number of rotatable bonds is 7. The van der Waals surface area contributed by atoms with Gasteiger partial charge in [0.25, 0.3) is 0 Å². The summed E-state index contributed by atoms with van der Waals surface area (Å²) in [5.74, 6) is 1.83. The summed E-state index contributed by atoms with van der Waals surface area (Å²) in [5, 5.41) is 3.52. The van der Waals surface area contributed by atoms with Crippen LogP contribution in [0.4, 0.5) is 17.5 Å². The summed E-state index contributed by atoms with van der Waals surface area (Å²) in [7, 11) is 4.17. The van der Waals surface area contributed by atoms with Gasteiger partial charge in [0, 0.05) is 58.2 Å². The van der Waals surface area contributed by atoms with E-state index in [0.717, 1.165) is 44.5 Å². The molecule has 2 aromatic rings. The highest BCUT2D eigenvalue weighted by atomic mass is 15.2. The van der Waals surface area contributed by atoms with Gasteiger partial charge in [0.2, 0.25) is 5.95 Å². The molecule has 30 heavy (non-hydrogen) atoms. The van der Waals surface area contributed by atoms with Crippen LogP contribution in [-0.2, 0) is 6.54 Å². The number of hydrogen-bond donors (Lipinski definition) is 1. The molecule has 1 N–H and O–H groups in total. The summed E-state index contributed by atoms with van der Waals surface area (Å²) in [4.78, 5) is 16.5. The van der Waals surface area contributed by atoms with E-state index in [-0.39, 0.29) is 0 Å². The molecule has 6 heteroatoms. The van der Waals surface area contributed by atoms with Crippen LogP contribution in [0.5, 0.6) is 0 Å². The van der Waals surface area contributed by atoms with Gasteiger partial charge in [-0.05, 0) is 56.0 Å². The van der Waals surface area contributed by atoms with Crippen molar-refractivity contribution in [3.8, 4) is 0 Å². The standard InChI is InChI=1S/C24H36N6/c1-28(2)21-11-9-20(10-12-21)19-30-17-7-8-22(30)18-26-24-25-14-13-23(27-24)29-15-5-3-4-6-16-29/h9-14,22H,3-8,15-19H2,1-2H3,(H,25,26,27). The molecule has 0 spiro atoms. The number of nitrogens with zero attached hydrogens (tertiary/aromatic N) is 5. The molecule has 2 aliphatic heterocycles. The maximum Gasteiger partial charge on any atom is 0.224 e. The molecule has 0 aliphatic carbocycles. The van der Waals surface area contributed by atoms with Crippen molar-refractivity contribution in [2.75, 3.05) is 55.4 Å². The maximum absolute atomic E-state index is 4.81. The molecule has 4 rings (SSSR count). The minimum absolute atomic E-state index is 0.531. The van der Waals surface area contributed by atoms with Crippen LogP contribution in [0, 0.1) is 0 Å². The molecule has 162 valence electrons. The fourth-order valence-corrected chi connectivity index (χ4v) is 4.59. The molecule has 0 radical (unpaired) electrons. The van der Waals surface area contributed by atoms with E-state index in [9.17, 15) is 0 Å². The van der Waals surface area contributed by atoms with Crippen molar-refractivity contribution in [3.63, 3.8) is 0 Å². The second-order valence-electron chi connectivity index (χ2n) is 8.85. The van der Waals surface area contributed by atoms with Gasteiger partial charge < -0.3 is 15.1 Å². The van der Waals surface area contributed by atoms with Crippen LogP contribution in [0.3, 0.4) is 0 Å². The molecule has 0 saturated carbocycles. The molecule has 6 nitrogen and oxygen atoms in total. The average Bonchev–Trinajstić information content (AvgIpc) is 3.02. The number of anilines is 3. The molecule has 2 aliphatic rings. The topological polar surface area (TPSA) is 47.5 Å². The quantitative estimate of drug-likeness (QED) is 0.747. The van der Waals surface area contributed by atoms with E-state index < -0.39 is 0 Å². The minimum Gasteiger partial charge on any atom is -0.378 e. The van der Waals surface area contributed by atoms with Gasteiger partial charge in [0.1, 0.15) is 5.82 Å². The lowest BCUT2D eigenvalue weighted by Crippen LogP contribution is -2.34. The number of benzene rings is 1. The molecule has 2 saturated heterocycles. The average molecular weight is 409 g/mol. The highest BCUT2D eigenvalue weighted by molar-refractivity contribution is 5.46. The van der Waals surface area contributed by atoms with Gasteiger partial charge >= 0.3 is 0 Å². The molecule has 1 aromatic heterocycles. The summed E-state index contributed by atoms with van der Waals surface area (Å²) in [6, 6.07) is 11.5. The second-order valence-corrected chi connectivity index (χ2v) is 8.85. The van der Waals surface area contributed by atoms with Crippen molar-refractivity contribution >= 4 is 17.5 Å². The van der Waals surface area contributed by atoms with E-state index in [1.807, 2.05) is 6.20 Å². The molecule has 1 aromatic carbocycles. The summed E-state index contributed by atoms with van der Waals surface area (Å²) < 4.78 is 0. The first-order valence-corrected chi connectivity index (χ1v) is 11.5. The number of likely N-dealkylation sites (tertiary alicyclic amines) is 1. The molecule has 1 unspecified atom stereocenters. The van der Waals surface area contributed by atoms with Crippen molar-refractivity contribution in [3.05, 3.63) is 42.1 Å². The lowest BCUT2D eigenvalue weighted by molar-refractivity contribution is 0.254. The summed E-state index contributed by atoms with van der Waals surface area (Å²) in [6.45, 7) is 5.29. The van der Waals surface area contributed by atoms with Crippen LogP contribution in [0.15, 0.2) is 36.5 Å². The van der Waals surface area contributed by atoms with Crippen LogP contribution >= 0.6 is 0 Å². The Balaban J connectivity index is 1.33. The van der Waals surface area contributed by atoms with Gasteiger partial charge in [-0.15, -0.1) is 0 Å². The van der Waals surface area contributed by atoms with Gasteiger partial charge in [0.05, 0.1) is 0 Å². The van der Waals surface area contributed by atoms with E-state index in [1.165, 1.54) is 49.8 Å². The highest BCUT2D eigenvalue weighted by Crippen LogP contribution is 2.22. The number of aromatic nitrogens is 2. The number of hydrogen-bond acceptors (Lipinski definition) is 6. The minimum atomic E-state index is 0.531. The van der Waals surface area contributed by atoms with E-state index in [4.69, 9.17) is 4.98 Å². The van der Waals surface area contributed by atoms with Crippen molar-refractivity contribution in [2.45, 2.75) is 51.1 Å². The van der Waals surface area contributed by atoms with E-state index in [0.29, 0.717) is 6.04 Å². The fourth-order valence-electron chi connectivity index (χ4n) is 4.59. The van der Waals surface area contributed by atoms with Crippen LogP contribution in [0.1, 0.15) is 44.1 Å². The van der Waals surface area contributed by atoms with Crippen LogP contribution < -0.4 is 15.1 Å². The van der Waals surface area contributed by atoms with E-state index in [2.05, 4.69) is 69.4 Å². The van der Waals surface area contributed by atoms with Crippen molar-refractivity contribution in [1.29, 1.82) is 0 Å². The molecule has 2 fully saturated rings. The Hall–Kier alpha value is -2.34. The Morgan fingerprint density at radius 3 is 2.47 bits per heavy atom. The Morgan fingerprint density at radius 2 is 1.73 bits per heavy atom. The third-order valence-electron chi connectivity index (χ3n) is 6.40. The molecule has 0 bridgehead atoms. The lowest BCUT2D eigenvalue weighted by atomic mass is 10.1. The molecule has 3 heterocycles. The van der Waals surface area contributed by atoms with Gasteiger partial charge in [-0.1, -0.05) is 25.0 Å². The zero-order valence-corrected chi connectivity index (χ0v) is 18.6. The van der Waals surface area contributed by atoms with Gasteiger partial charge in [-0.3, -0.25) is 4.90 Å². The van der Waals surface area contributed by atoms with Gasteiger partial charge in [-0.2, -0.15) is 4.98 Å². The molecular formula is C24H36N6. The summed E-state index contributed by atoms with van der Waals surface area (Å²) in [5.41, 5.74) is 2.63. The summed E-state index contributed by atoms with van der Waals surface area (Å²) in [6.07, 6.45) is 9.59. The van der Waals surface area contributed by atoms with Gasteiger partial charge in [0.15, 0.2) is 0 Å². The first-order valence-electron chi connectivity index (χ1n) is 11.5. The molecule has 1 atom stereocenters. The second kappa shape index (κ2) is 10.1. The predicted molar refractivity (Wildman–Crippen MR) is 125 cm³/mol. The van der Waals surface area contributed by atoms with Crippen molar-refractivity contribution in [2.24, 2.45) is 0 Å². The monoisotopic (exact) mass is 408 g/mol. The third-order valence-corrected chi connectivity index (χ3v) is 6.40. The van der Waals surface area contributed by atoms with Crippen LogP contribution in [-0.4, -0.2) is 61.2 Å². The fraction of sp³-hybridized carbons (Fsp3) is 0.583. The smallest absolute Gasteiger partial charge is 0.224 e. The zero-order valence-electron chi connectivity index (χ0n) is 18.6. The van der Waals surface area contributed by atoms with Gasteiger partial charge in [-0.25, -0.2) is 4.98 Å². The maximum atomic E-state index is 4.81. The highest BCUT2D eigenvalue weighted by Gasteiger charge is 2.24. The third kappa shape index (κ3) is 5.42. The summed E-state index contributed by atoms with van der Waals surface area (Å²) >= 11 is 0. The Kier molecular flexibility index (Phi) is 7.05. The SMILES string of the molecule is CN(C)c1ccc(CN2CCCC2CNc2nccc(N3CCCCCC3)n2)cc1. The number of nitrogens with one attached hydrogen (secondary N) is 1.